The van der Waals surface area contributed by atoms with Gasteiger partial charge in [0.15, 0.2) is 0 Å². The fourth-order valence-corrected chi connectivity index (χ4v) is 6.21. The number of carbonyl (C=O) groups excluding carboxylic acids is 2. The van der Waals surface area contributed by atoms with Crippen LogP contribution < -0.4 is 0 Å². The molecule has 0 saturated heterocycles. The van der Waals surface area contributed by atoms with Crippen LogP contribution in [0.4, 0.5) is 0 Å². The molecule has 3 aliphatic carbocycles. The number of fused-ring (bicyclic) bond motifs is 3. The summed E-state index contributed by atoms with van der Waals surface area (Å²) in [5.74, 6) is 1.80. The lowest BCUT2D eigenvalue weighted by molar-refractivity contribution is -0.164. The SMILES string of the molecule is COC(=O)[C@@]1(C)CC[C@H]2[C@@H](CC[C@@H]3C[C@@H](OC(C)=O)CC[C@@]32C)C1. The van der Waals surface area contributed by atoms with E-state index in [4.69, 9.17) is 9.47 Å². The second-order valence-corrected chi connectivity index (χ2v) is 8.95. The fourth-order valence-electron chi connectivity index (χ4n) is 6.21. The minimum Gasteiger partial charge on any atom is -0.469 e. The number of carbonyl (C=O) groups is 2. The van der Waals surface area contributed by atoms with Crippen molar-refractivity contribution in [2.75, 3.05) is 7.11 Å². The van der Waals surface area contributed by atoms with Crippen molar-refractivity contribution in [3.63, 3.8) is 0 Å². The van der Waals surface area contributed by atoms with E-state index in [1.165, 1.54) is 26.9 Å². The maximum absolute atomic E-state index is 12.2. The minimum atomic E-state index is -0.298. The van der Waals surface area contributed by atoms with Gasteiger partial charge in [0.2, 0.25) is 0 Å². The quantitative estimate of drug-likeness (QED) is 0.712. The molecule has 0 N–H and O–H groups in total. The summed E-state index contributed by atoms with van der Waals surface area (Å²) in [6.45, 7) is 6.06. The van der Waals surface area contributed by atoms with E-state index < -0.39 is 0 Å². The van der Waals surface area contributed by atoms with Crippen molar-refractivity contribution in [2.45, 2.75) is 78.2 Å². The third-order valence-corrected chi connectivity index (χ3v) is 7.52. The monoisotopic (exact) mass is 336 g/mol. The molecule has 0 radical (unpaired) electrons. The summed E-state index contributed by atoms with van der Waals surface area (Å²) in [5, 5.41) is 0. The maximum atomic E-state index is 12.2. The van der Waals surface area contributed by atoms with Crippen molar-refractivity contribution in [1.29, 1.82) is 0 Å². The fraction of sp³-hybridized carbons (Fsp3) is 0.900. The third-order valence-electron chi connectivity index (χ3n) is 7.52. The lowest BCUT2D eigenvalue weighted by atomic mass is 9.47. The van der Waals surface area contributed by atoms with E-state index in [1.54, 1.807) is 0 Å². The van der Waals surface area contributed by atoms with Crippen molar-refractivity contribution >= 4 is 11.9 Å². The van der Waals surface area contributed by atoms with Gasteiger partial charge < -0.3 is 9.47 Å². The lowest BCUT2D eigenvalue weighted by Crippen LogP contribution is -2.52. The molecule has 0 bridgehead atoms. The van der Waals surface area contributed by atoms with Gasteiger partial charge in [-0.05, 0) is 81.5 Å². The zero-order chi connectivity index (χ0) is 17.5. The predicted octanol–water partition coefficient (Wildman–Crippen LogP) is 4.11. The van der Waals surface area contributed by atoms with Gasteiger partial charge in [0.1, 0.15) is 6.10 Å². The van der Waals surface area contributed by atoms with Gasteiger partial charge in [-0.25, -0.2) is 0 Å². The molecule has 24 heavy (non-hydrogen) atoms. The molecule has 4 heteroatoms. The van der Waals surface area contributed by atoms with Crippen LogP contribution in [-0.2, 0) is 19.1 Å². The summed E-state index contributed by atoms with van der Waals surface area (Å²) in [6, 6.07) is 0. The van der Waals surface area contributed by atoms with Gasteiger partial charge in [-0.15, -0.1) is 0 Å². The topological polar surface area (TPSA) is 52.6 Å². The maximum Gasteiger partial charge on any atom is 0.311 e. The molecule has 3 rings (SSSR count). The van der Waals surface area contributed by atoms with Gasteiger partial charge in [-0.3, -0.25) is 9.59 Å². The molecule has 3 aliphatic rings. The van der Waals surface area contributed by atoms with E-state index in [-0.39, 0.29) is 23.5 Å². The van der Waals surface area contributed by atoms with Gasteiger partial charge >= 0.3 is 11.9 Å². The second-order valence-electron chi connectivity index (χ2n) is 8.95. The predicted molar refractivity (Wildman–Crippen MR) is 91.2 cm³/mol. The molecule has 0 aliphatic heterocycles. The Labute approximate surface area is 145 Å². The molecular weight excluding hydrogens is 304 g/mol. The van der Waals surface area contributed by atoms with E-state index in [0.29, 0.717) is 23.2 Å². The van der Waals surface area contributed by atoms with Crippen molar-refractivity contribution < 1.29 is 19.1 Å². The molecule has 3 saturated carbocycles. The molecule has 4 nitrogen and oxygen atoms in total. The number of methoxy groups -OCH3 is 1. The van der Waals surface area contributed by atoms with Crippen molar-refractivity contribution in [3.05, 3.63) is 0 Å². The Balaban J connectivity index is 1.71. The van der Waals surface area contributed by atoms with Gasteiger partial charge in [-0.2, -0.15) is 0 Å². The Morgan fingerprint density at radius 3 is 2.46 bits per heavy atom. The van der Waals surface area contributed by atoms with Gasteiger partial charge in [0.05, 0.1) is 12.5 Å². The molecule has 0 aromatic heterocycles. The van der Waals surface area contributed by atoms with E-state index in [0.717, 1.165) is 38.5 Å². The third kappa shape index (κ3) is 2.97. The largest absolute Gasteiger partial charge is 0.469 e. The Bertz CT molecular complexity index is 516. The van der Waals surface area contributed by atoms with Crippen LogP contribution in [0, 0.1) is 28.6 Å². The van der Waals surface area contributed by atoms with Crippen LogP contribution in [-0.4, -0.2) is 25.2 Å². The van der Waals surface area contributed by atoms with Crippen LogP contribution in [0.5, 0.6) is 0 Å². The zero-order valence-corrected chi connectivity index (χ0v) is 15.6. The van der Waals surface area contributed by atoms with Crippen LogP contribution >= 0.6 is 0 Å². The average molecular weight is 336 g/mol. The smallest absolute Gasteiger partial charge is 0.311 e. The normalized spacial score (nSPS) is 44.8. The van der Waals surface area contributed by atoms with Crippen LogP contribution in [0.15, 0.2) is 0 Å². The Morgan fingerprint density at radius 2 is 1.79 bits per heavy atom. The van der Waals surface area contributed by atoms with Crippen molar-refractivity contribution in [2.24, 2.45) is 28.6 Å². The molecule has 0 amide bonds. The van der Waals surface area contributed by atoms with Crippen LogP contribution in [0.25, 0.3) is 0 Å². The molecule has 0 aromatic carbocycles. The van der Waals surface area contributed by atoms with Gasteiger partial charge in [0, 0.05) is 6.92 Å². The number of hydrogen-bond donors (Lipinski definition) is 0. The Hall–Kier alpha value is -1.06. The molecular formula is C20H32O4. The summed E-state index contributed by atoms with van der Waals surface area (Å²) in [5.41, 5.74) is 0.0467. The van der Waals surface area contributed by atoms with Crippen LogP contribution in [0.1, 0.15) is 72.1 Å². The number of hydrogen-bond acceptors (Lipinski definition) is 4. The van der Waals surface area contributed by atoms with Crippen molar-refractivity contribution in [1.82, 2.24) is 0 Å². The highest BCUT2D eigenvalue weighted by molar-refractivity contribution is 5.76. The number of rotatable bonds is 2. The highest BCUT2D eigenvalue weighted by Crippen LogP contribution is 2.61. The van der Waals surface area contributed by atoms with Crippen LogP contribution in [0.3, 0.4) is 0 Å². The summed E-state index contributed by atoms with van der Waals surface area (Å²) in [6.07, 6.45) is 8.71. The van der Waals surface area contributed by atoms with E-state index >= 15 is 0 Å². The van der Waals surface area contributed by atoms with Crippen LogP contribution in [0.2, 0.25) is 0 Å². The molecule has 136 valence electrons. The van der Waals surface area contributed by atoms with Crippen molar-refractivity contribution in [3.8, 4) is 0 Å². The first kappa shape index (κ1) is 17.8. The highest BCUT2D eigenvalue weighted by Gasteiger charge is 2.55. The first-order valence-electron chi connectivity index (χ1n) is 9.54. The van der Waals surface area contributed by atoms with Gasteiger partial charge in [-0.1, -0.05) is 6.92 Å². The summed E-state index contributed by atoms with van der Waals surface area (Å²) >= 11 is 0. The molecule has 0 aromatic rings. The molecule has 0 unspecified atom stereocenters. The molecule has 3 fully saturated rings. The Morgan fingerprint density at radius 1 is 1.04 bits per heavy atom. The lowest BCUT2D eigenvalue weighted by Gasteiger charge is -2.58. The van der Waals surface area contributed by atoms with E-state index in [1.807, 2.05) is 0 Å². The molecule has 0 heterocycles. The minimum absolute atomic E-state index is 0.0354. The molecule has 0 spiro atoms. The number of esters is 2. The summed E-state index contributed by atoms with van der Waals surface area (Å²) in [7, 11) is 1.51. The van der Waals surface area contributed by atoms with E-state index in [9.17, 15) is 9.59 Å². The standard InChI is InChI=1S/C20H32O4/c1-13(21)24-16-7-10-20(3)15(11-16)6-5-14-12-19(2,18(22)23-4)9-8-17(14)20/h14-17H,5-12H2,1-4H3/t14-,15+,16-,17-,19-,20-/m0/s1. The first-order valence-corrected chi connectivity index (χ1v) is 9.54. The molecule has 6 atom stereocenters. The van der Waals surface area contributed by atoms with E-state index in [2.05, 4.69) is 13.8 Å². The average Bonchev–Trinajstić information content (AvgIpc) is 2.53. The van der Waals surface area contributed by atoms with Gasteiger partial charge in [0.25, 0.3) is 0 Å². The second kappa shape index (κ2) is 6.34. The summed E-state index contributed by atoms with van der Waals surface area (Å²) in [4.78, 5) is 23.5. The Kier molecular flexibility index (Phi) is 4.69. The summed E-state index contributed by atoms with van der Waals surface area (Å²) < 4.78 is 10.6. The highest BCUT2D eigenvalue weighted by atomic mass is 16.5. The first-order chi connectivity index (χ1) is 11.3. The number of ether oxygens (including phenoxy) is 2. The zero-order valence-electron chi connectivity index (χ0n) is 15.6.